The topological polar surface area (TPSA) is 38.1 Å². The summed E-state index contributed by atoms with van der Waals surface area (Å²) in [6.45, 7) is 7.50. The Morgan fingerprint density at radius 3 is 2.35 bits per heavy atom. The van der Waals surface area contributed by atoms with Crippen LogP contribution in [0, 0.1) is 0 Å². The summed E-state index contributed by atoms with van der Waals surface area (Å²) in [5.41, 5.74) is 3.49. The number of hydrogen-bond acceptors (Lipinski definition) is 3. The van der Waals surface area contributed by atoms with E-state index < -0.39 is 0 Å². The summed E-state index contributed by atoms with van der Waals surface area (Å²) >= 11 is 3.48. The van der Waals surface area contributed by atoms with Crippen molar-refractivity contribution in [3.63, 3.8) is 0 Å². The molecule has 0 aliphatic carbocycles. The molecule has 0 saturated carbocycles. The fourth-order valence-electron chi connectivity index (χ4n) is 2.34. The van der Waals surface area contributed by atoms with Gasteiger partial charge in [0.1, 0.15) is 0 Å². The standard InChI is InChI=1S/C19H14BrN3/c1-3-16-17(13-8-5-4-6-9-13)22-18(23-19(16)21-2)14-10-7-11-15(20)12-14/h3-12H,1-2H2. The van der Waals surface area contributed by atoms with Crippen molar-refractivity contribution in [3.05, 3.63) is 71.2 Å². The van der Waals surface area contributed by atoms with Gasteiger partial charge in [0, 0.05) is 21.2 Å². The molecule has 0 atom stereocenters. The smallest absolute Gasteiger partial charge is 0.163 e. The molecule has 3 rings (SSSR count). The van der Waals surface area contributed by atoms with E-state index in [1.807, 2.05) is 54.6 Å². The van der Waals surface area contributed by atoms with Gasteiger partial charge in [-0.3, -0.25) is 0 Å². The van der Waals surface area contributed by atoms with Crippen molar-refractivity contribution in [2.45, 2.75) is 0 Å². The molecular formula is C19H14BrN3. The Balaban J connectivity index is 2.28. The average molecular weight is 364 g/mol. The van der Waals surface area contributed by atoms with E-state index in [2.05, 4.69) is 39.2 Å². The first-order valence-electron chi connectivity index (χ1n) is 7.05. The first-order valence-corrected chi connectivity index (χ1v) is 7.85. The van der Waals surface area contributed by atoms with Gasteiger partial charge < -0.3 is 0 Å². The number of hydrogen-bond donors (Lipinski definition) is 0. The van der Waals surface area contributed by atoms with Gasteiger partial charge in [-0.1, -0.05) is 71.0 Å². The normalized spacial score (nSPS) is 10.3. The van der Waals surface area contributed by atoms with Crippen molar-refractivity contribution >= 4 is 34.5 Å². The van der Waals surface area contributed by atoms with Gasteiger partial charge in [-0.15, -0.1) is 0 Å². The molecule has 0 radical (unpaired) electrons. The maximum absolute atomic E-state index is 4.74. The van der Waals surface area contributed by atoms with Gasteiger partial charge in [-0.2, -0.15) is 0 Å². The highest BCUT2D eigenvalue weighted by atomic mass is 79.9. The number of nitrogens with zero attached hydrogens (tertiary/aromatic N) is 3. The van der Waals surface area contributed by atoms with E-state index in [0.29, 0.717) is 11.6 Å². The van der Waals surface area contributed by atoms with E-state index in [-0.39, 0.29) is 0 Å². The van der Waals surface area contributed by atoms with E-state index in [0.717, 1.165) is 26.9 Å². The molecule has 0 bridgehead atoms. The van der Waals surface area contributed by atoms with Gasteiger partial charge in [0.05, 0.1) is 5.69 Å². The Bertz CT molecular complexity index is 873. The van der Waals surface area contributed by atoms with E-state index in [1.165, 1.54) is 0 Å². The second-order valence-electron chi connectivity index (χ2n) is 4.87. The van der Waals surface area contributed by atoms with Gasteiger partial charge in [0.15, 0.2) is 11.6 Å². The van der Waals surface area contributed by atoms with Crippen LogP contribution in [0.5, 0.6) is 0 Å². The van der Waals surface area contributed by atoms with Gasteiger partial charge in [0.2, 0.25) is 0 Å². The predicted octanol–water partition coefficient (Wildman–Crippen LogP) is 5.55. The maximum Gasteiger partial charge on any atom is 0.163 e. The second kappa shape index (κ2) is 6.67. The van der Waals surface area contributed by atoms with E-state index >= 15 is 0 Å². The van der Waals surface area contributed by atoms with Crippen LogP contribution in [0.4, 0.5) is 5.82 Å². The molecule has 0 spiro atoms. The molecule has 4 heteroatoms. The van der Waals surface area contributed by atoms with Crippen LogP contribution in [0.3, 0.4) is 0 Å². The van der Waals surface area contributed by atoms with Crippen molar-refractivity contribution < 1.29 is 0 Å². The highest BCUT2D eigenvalue weighted by Crippen LogP contribution is 2.32. The SMILES string of the molecule is C=Cc1c(N=C)nc(-c2cccc(Br)c2)nc1-c1ccccc1. The molecule has 1 heterocycles. The largest absolute Gasteiger partial charge is 0.244 e. The number of aliphatic imine (C=N–C) groups is 1. The lowest BCUT2D eigenvalue weighted by atomic mass is 10.1. The van der Waals surface area contributed by atoms with Crippen LogP contribution in [-0.4, -0.2) is 16.7 Å². The second-order valence-corrected chi connectivity index (χ2v) is 5.79. The number of halogens is 1. The monoisotopic (exact) mass is 363 g/mol. The molecule has 3 aromatic rings. The average Bonchev–Trinajstić information content (AvgIpc) is 2.61. The molecule has 0 saturated heterocycles. The van der Waals surface area contributed by atoms with Crippen LogP contribution in [-0.2, 0) is 0 Å². The van der Waals surface area contributed by atoms with E-state index in [1.54, 1.807) is 6.08 Å². The number of rotatable bonds is 4. The van der Waals surface area contributed by atoms with E-state index in [4.69, 9.17) is 4.98 Å². The van der Waals surface area contributed by atoms with Crippen LogP contribution in [0.2, 0.25) is 0 Å². The molecular weight excluding hydrogens is 350 g/mol. The Labute approximate surface area is 143 Å². The highest BCUT2D eigenvalue weighted by Gasteiger charge is 2.14. The maximum atomic E-state index is 4.74. The summed E-state index contributed by atoms with van der Waals surface area (Å²) in [6.07, 6.45) is 1.72. The Kier molecular flexibility index (Phi) is 4.44. The lowest BCUT2D eigenvalue weighted by Crippen LogP contribution is -1.97. The Morgan fingerprint density at radius 2 is 1.70 bits per heavy atom. The summed E-state index contributed by atoms with van der Waals surface area (Å²) in [6, 6.07) is 17.8. The predicted molar refractivity (Wildman–Crippen MR) is 99.9 cm³/mol. The van der Waals surface area contributed by atoms with Crippen molar-refractivity contribution in [2.24, 2.45) is 4.99 Å². The minimum atomic E-state index is 0.531. The molecule has 112 valence electrons. The number of benzene rings is 2. The first kappa shape index (κ1) is 15.3. The fourth-order valence-corrected chi connectivity index (χ4v) is 2.74. The minimum absolute atomic E-state index is 0.531. The van der Waals surface area contributed by atoms with Crippen LogP contribution < -0.4 is 0 Å². The van der Waals surface area contributed by atoms with Crippen LogP contribution in [0.25, 0.3) is 28.7 Å². The molecule has 1 aromatic heterocycles. The zero-order valence-corrected chi connectivity index (χ0v) is 14.0. The van der Waals surface area contributed by atoms with Crippen LogP contribution in [0.1, 0.15) is 5.56 Å². The Hall–Kier alpha value is -2.59. The van der Waals surface area contributed by atoms with Crippen molar-refractivity contribution in [3.8, 4) is 22.6 Å². The molecule has 0 fully saturated rings. The summed E-state index contributed by atoms with van der Waals surface area (Å²) in [5.74, 6) is 1.14. The minimum Gasteiger partial charge on any atom is -0.244 e. The summed E-state index contributed by atoms with van der Waals surface area (Å²) < 4.78 is 0.973. The van der Waals surface area contributed by atoms with Gasteiger partial charge >= 0.3 is 0 Å². The molecule has 0 aliphatic heterocycles. The van der Waals surface area contributed by atoms with Crippen molar-refractivity contribution in [2.75, 3.05) is 0 Å². The fraction of sp³-hybridized carbons (Fsp3) is 0. The van der Waals surface area contributed by atoms with Crippen LogP contribution in [0.15, 0.2) is 70.6 Å². The molecule has 23 heavy (non-hydrogen) atoms. The van der Waals surface area contributed by atoms with Gasteiger partial charge in [-0.25, -0.2) is 15.0 Å². The highest BCUT2D eigenvalue weighted by molar-refractivity contribution is 9.10. The molecule has 2 aromatic carbocycles. The third-order valence-corrected chi connectivity index (χ3v) is 3.90. The Morgan fingerprint density at radius 1 is 0.957 bits per heavy atom. The van der Waals surface area contributed by atoms with E-state index in [9.17, 15) is 0 Å². The molecule has 0 N–H and O–H groups in total. The zero-order chi connectivity index (χ0) is 16.2. The van der Waals surface area contributed by atoms with Crippen LogP contribution >= 0.6 is 15.9 Å². The lowest BCUT2D eigenvalue weighted by Gasteiger charge is -2.11. The summed E-state index contributed by atoms with van der Waals surface area (Å²) in [7, 11) is 0. The molecule has 3 nitrogen and oxygen atoms in total. The molecule has 0 aliphatic rings. The van der Waals surface area contributed by atoms with Gasteiger partial charge in [0.25, 0.3) is 0 Å². The summed E-state index contributed by atoms with van der Waals surface area (Å²) in [4.78, 5) is 13.3. The molecule has 0 unspecified atom stereocenters. The number of aromatic nitrogens is 2. The third kappa shape index (κ3) is 3.12. The van der Waals surface area contributed by atoms with Crippen molar-refractivity contribution in [1.29, 1.82) is 0 Å². The first-order chi connectivity index (χ1) is 11.2. The lowest BCUT2D eigenvalue weighted by molar-refractivity contribution is 1.16. The third-order valence-electron chi connectivity index (χ3n) is 3.41. The summed E-state index contributed by atoms with van der Waals surface area (Å²) in [5, 5.41) is 0. The zero-order valence-electron chi connectivity index (χ0n) is 12.4. The molecule has 0 amide bonds. The van der Waals surface area contributed by atoms with Gasteiger partial charge in [-0.05, 0) is 18.9 Å². The quantitative estimate of drug-likeness (QED) is 0.570. The van der Waals surface area contributed by atoms with Crippen molar-refractivity contribution in [1.82, 2.24) is 9.97 Å².